The van der Waals surface area contributed by atoms with Gasteiger partial charge in [-0.2, -0.15) is 5.21 Å². The first-order chi connectivity index (χ1) is 29.4. The summed E-state index contributed by atoms with van der Waals surface area (Å²) in [5.41, 5.74) is 4.18. The molecular formula is C46H59N9O7. The molecule has 1 aliphatic heterocycles. The number of carbonyl (C=O) groups excluding carboxylic acids is 5. The topological polar surface area (TPSA) is 210 Å². The maximum atomic E-state index is 13.9. The van der Waals surface area contributed by atoms with E-state index in [9.17, 15) is 24.0 Å². The Kier molecular flexibility index (Phi) is 14.3. The van der Waals surface area contributed by atoms with Gasteiger partial charge in [0.25, 0.3) is 5.91 Å². The van der Waals surface area contributed by atoms with Crippen molar-refractivity contribution in [3.05, 3.63) is 83.4 Å². The van der Waals surface area contributed by atoms with Crippen LogP contribution in [-0.2, 0) is 25.5 Å². The Morgan fingerprint density at radius 2 is 1.52 bits per heavy atom. The van der Waals surface area contributed by atoms with Crippen molar-refractivity contribution in [1.29, 1.82) is 0 Å². The van der Waals surface area contributed by atoms with Gasteiger partial charge < -0.3 is 35.6 Å². The smallest absolute Gasteiger partial charge is 0.410 e. The van der Waals surface area contributed by atoms with Gasteiger partial charge in [-0.15, -0.1) is 10.2 Å². The first-order valence-corrected chi connectivity index (χ1v) is 21.3. The number of aromatic amines is 1. The molecule has 6 rings (SSSR count). The number of ether oxygens (including phenoxy) is 2. The molecule has 2 heterocycles. The van der Waals surface area contributed by atoms with Crippen LogP contribution in [0.4, 0.5) is 15.3 Å². The summed E-state index contributed by atoms with van der Waals surface area (Å²) in [7, 11) is 0. The maximum Gasteiger partial charge on any atom is 0.410 e. The Hall–Kier alpha value is -6.32. The van der Waals surface area contributed by atoms with E-state index in [2.05, 4.69) is 41.9 Å². The van der Waals surface area contributed by atoms with Crippen LogP contribution in [-0.4, -0.2) is 98.4 Å². The summed E-state index contributed by atoms with van der Waals surface area (Å²) in [6.45, 7) is 14.3. The van der Waals surface area contributed by atoms with E-state index in [4.69, 9.17) is 9.47 Å². The van der Waals surface area contributed by atoms with Crippen LogP contribution in [0.2, 0.25) is 0 Å². The number of benzene rings is 3. The predicted molar refractivity (Wildman–Crippen MR) is 234 cm³/mol. The van der Waals surface area contributed by atoms with Crippen molar-refractivity contribution >= 4 is 35.6 Å². The quantitative estimate of drug-likeness (QED) is 0.103. The average molecular weight is 850 g/mol. The third-order valence-electron chi connectivity index (χ3n) is 10.9. The molecule has 4 aromatic rings. The molecule has 0 radical (unpaired) electrons. The monoisotopic (exact) mass is 849 g/mol. The van der Waals surface area contributed by atoms with Crippen LogP contribution in [0, 0.1) is 18.8 Å². The second kappa shape index (κ2) is 19.6. The molecule has 62 heavy (non-hydrogen) atoms. The SMILES string of the molecule is Cc1ccc(C(=O)NC2CCN(C(=O)OC(C)(C)C)C2)cc1-c1ccc(C[C@H](NC(=O)C2CCC(CNC(=O)OC(C)(C)C)CC2)C(=O)Nc2ccc(-c3nn[nH]n3)cc2)cc1. The van der Waals surface area contributed by atoms with Gasteiger partial charge in [-0.3, -0.25) is 14.4 Å². The largest absolute Gasteiger partial charge is 0.444 e. The lowest BCUT2D eigenvalue weighted by Gasteiger charge is -2.29. The Morgan fingerprint density at radius 1 is 0.839 bits per heavy atom. The number of rotatable bonds is 12. The van der Waals surface area contributed by atoms with Gasteiger partial charge in [0, 0.05) is 54.8 Å². The first kappa shape index (κ1) is 45.2. The maximum absolute atomic E-state index is 13.9. The number of amides is 5. The van der Waals surface area contributed by atoms with Crippen molar-refractivity contribution in [2.24, 2.45) is 11.8 Å². The summed E-state index contributed by atoms with van der Waals surface area (Å²) in [4.78, 5) is 67.5. The van der Waals surface area contributed by atoms with Crippen LogP contribution in [0.15, 0.2) is 66.7 Å². The molecule has 16 heteroatoms. The van der Waals surface area contributed by atoms with E-state index in [1.54, 1.807) is 35.2 Å². The number of tetrazole rings is 1. The van der Waals surface area contributed by atoms with Crippen LogP contribution in [0.3, 0.4) is 0 Å². The van der Waals surface area contributed by atoms with Gasteiger partial charge in [0.15, 0.2) is 0 Å². The van der Waals surface area contributed by atoms with Crippen molar-refractivity contribution in [3.63, 3.8) is 0 Å². The number of anilines is 1. The van der Waals surface area contributed by atoms with Gasteiger partial charge in [-0.25, -0.2) is 9.59 Å². The average Bonchev–Trinajstić information content (AvgIpc) is 3.93. The molecule has 0 spiro atoms. The first-order valence-electron chi connectivity index (χ1n) is 21.3. The predicted octanol–water partition coefficient (Wildman–Crippen LogP) is 6.58. The van der Waals surface area contributed by atoms with Crippen LogP contribution in [0.25, 0.3) is 22.5 Å². The zero-order chi connectivity index (χ0) is 44.6. The molecule has 1 unspecified atom stereocenters. The molecule has 330 valence electrons. The van der Waals surface area contributed by atoms with Crippen molar-refractivity contribution in [2.45, 2.75) is 110 Å². The zero-order valence-electron chi connectivity index (χ0n) is 36.7. The molecule has 1 aliphatic carbocycles. The molecule has 2 atom stereocenters. The van der Waals surface area contributed by atoms with Gasteiger partial charge in [0.05, 0.1) is 0 Å². The summed E-state index contributed by atoms with van der Waals surface area (Å²) in [6, 6.07) is 19.3. The van der Waals surface area contributed by atoms with Crippen LogP contribution >= 0.6 is 0 Å². The van der Waals surface area contributed by atoms with Crippen molar-refractivity contribution in [1.82, 2.24) is 41.5 Å². The number of H-pyrrole nitrogens is 1. The Labute approximate surface area is 362 Å². The minimum absolute atomic E-state index is 0.186. The number of carbonyl (C=O) groups is 5. The highest BCUT2D eigenvalue weighted by Gasteiger charge is 2.32. The summed E-state index contributed by atoms with van der Waals surface area (Å²) in [6.07, 6.45) is 2.81. The van der Waals surface area contributed by atoms with Gasteiger partial charge in [0.2, 0.25) is 17.6 Å². The second-order valence-electron chi connectivity index (χ2n) is 18.3. The van der Waals surface area contributed by atoms with E-state index in [1.165, 1.54) is 0 Å². The van der Waals surface area contributed by atoms with Gasteiger partial charge in [-0.1, -0.05) is 30.3 Å². The summed E-state index contributed by atoms with van der Waals surface area (Å²) < 4.78 is 10.9. The fourth-order valence-electron chi connectivity index (χ4n) is 7.66. The van der Waals surface area contributed by atoms with E-state index in [0.29, 0.717) is 56.0 Å². The van der Waals surface area contributed by atoms with Crippen molar-refractivity contribution in [3.8, 4) is 22.5 Å². The molecule has 1 aromatic heterocycles. The van der Waals surface area contributed by atoms with E-state index in [-0.39, 0.29) is 48.1 Å². The Bertz CT molecular complexity index is 2190. The van der Waals surface area contributed by atoms with Gasteiger partial charge in [-0.05, 0) is 150 Å². The van der Waals surface area contributed by atoms with E-state index in [1.807, 2.05) is 84.9 Å². The van der Waals surface area contributed by atoms with E-state index < -0.39 is 23.3 Å². The highest BCUT2D eigenvalue weighted by Crippen LogP contribution is 2.30. The fourth-order valence-corrected chi connectivity index (χ4v) is 7.66. The number of aromatic nitrogens is 4. The van der Waals surface area contributed by atoms with Gasteiger partial charge in [0.1, 0.15) is 17.2 Å². The lowest BCUT2D eigenvalue weighted by Crippen LogP contribution is -2.48. The molecule has 2 fully saturated rings. The highest BCUT2D eigenvalue weighted by atomic mass is 16.6. The Morgan fingerprint density at radius 3 is 2.16 bits per heavy atom. The molecule has 16 nitrogen and oxygen atoms in total. The molecule has 5 N–H and O–H groups in total. The molecule has 1 saturated heterocycles. The zero-order valence-corrected chi connectivity index (χ0v) is 36.7. The molecule has 3 aromatic carbocycles. The number of hydrogen-bond donors (Lipinski definition) is 5. The van der Waals surface area contributed by atoms with Crippen molar-refractivity contribution in [2.75, 3.05) is 25.0 Å². The Balaban J connectivity index is 1.10. The molecule has 5 amide bonds. The third kappa shape index (κ3) is 12.8. The number of hydrogen-bond acceptors (Lipinski definition) is 10. The lowest BCUT2D eigenvalue weighted by atomic mass is 9.81. The van der Waals surface area contributed by atoms with Crippen LogP contribution in [0.1, 0.15) is 95.1 Å². The summed E-state index contributed by atoms with van der Waals surface area (Å²) in [5, 5.41) is 26.0. The second-order valence-corrected chi connectivity index (χ2v) is 18.3. The third-order valence-corrected chi connectivity index (χ3v) is 10.9. The lowest BCUT2D eigenvalue weighted by molar-refractivity contribution is -0.130. The van der Waals surface area contributed by atoms with Gasteiger partial charge >= 0.3 is 12.2 Å². The number of nitrogens with zero attached hydrogens (tertiary/aromatic N) is 4. The van der Waals surface area contributed by atoms with Crippen molar-refractivity contribution < 1.29 is 33.4 Å². The normalized spacial score (nSPS) is 18.3. The number of likely N-dealkylation sites (tertiary alicyclic amines) is 1. The van der Waals surface area contributed by atoms with E-state index >= 15 is 0 Å². The molecule has 2 aliphatic rings. The van der Waals surface area contributed by atoms with Crippen LogP contribution in [0.5, 0.6) is 0 Å². The number of aryl methyl sites for hydroxylation is 1. The molecule has 1 saturated carbocycles. The molecule has 0 bridgehead atoms. The van der Waals surface area contributed by atoms with E-state index in [0.717, 1.165) is 40.7 Å². The molecular weight excluding hydrogens is 791 g/mol. The van der Waals surface area contributed by atoms with Crippen LogP contribution < -0.4 is 21.3 Å². The standard InChI is InChI=1S/C46H59N9O7/c1-28-8-13-34(41(57)49-36-22-23-55(27-36)44(60)62-46(5,6)7)25-37(28)31-14-9-29(10-15-31)24-38(42(58)48-35-20-18-32(19-21-35)39-51-53-54-52-39)50-40(56)33-16-11-30(12-17-33)26-47-43(59)61-45(2,3)4/h8-10,13-15,18-21,25,30,33,36,38H,11-12,16-17,22-24,26-27H2,1-7H3,(H,47,59)(H,48,58)(H,49,57)(H,50,56)(H,51,52,53,54)/t30?,33?,36?,38-/m0/s1. The summed E-state index contributed by atoms with van der Waals surface area (Å²) >= 11 is 0. The minimum Gasteiger partial charge on any atom is -0.444 e. The summed E-state index contributed by atoms with van der Waals surface area (Å²) in [5.74, 6) is -0.398. The number of nitrogens with one attached hydrogen (secondary N) is 5. The fraction of sp³-hybridized carbons (Fsp3) is 0.478. The minimum atomic E-state index is -0.882. The highest BCUT2D eigenvalue weighted by molar-refractivity contribution is 5.98. The number of alkyl carbamates (subject to hydrolysis) is 1.